The Morgan fingerprint density at radius 3 is 0.872 bits per heavy atom. The molecule has 0 aromatic rings. The van der Waals surface area contributed by atoms with Gasteiger partial charge in [-0.2, -0.15) is 0 Å². The van der Waals surface area contributed by atoms with E-state index in [0.717, 1.165) is 109 Å². The van der Waals surface area contributed by atoms with Gasteiger partial charge in [0, 0.05) is 25.7 Å². The average Bonchev–Trinajstić information content (AvgIpc) is 2.40. The first-order chi connectivity index (χ1) is 45.5. The highest BCUT2D eigenvalue weighted by molar-refractivity contribution is 7.47. The quantitative estimate of drug-likeness (QED) is 0.0169. The number of ether oxygens (including phenoxy) is 4. The molecule has 0 saturated heterocycles. The number of phosphoric ester groups is 2. The van der Waals surface area contributed by atoms with Crippen LogP contribution in [0.2, 0.25) is 0 Å². The van der Waals surface area contributed by atoms with Gasteiger partial charge in [0.2, 0.25) is 0 Å². The zero-order valence-electron chi connectivity index (χ0n) is 60.6. The van der Waals surface area contributed by atoms with Gasteiger partial charge in [-0.25, -0.2) is 9.13 Å². The van der Waals surface area contributed by atoms with Crippen molar-refractivity contribution in [2.24, 2.45) is 5.92 Å². The molecule has 0 bridgehead atoms. The number of aliphatic hydroxyl groups excluding tert-OH is 1. The summed E-state index contributed by atoms with van der Waals surface area (Å²) in [5.41, 5.74) is 0. The predicted molar refractivity (Wildman–Crippen MR) is 381 cm³/mol. The van der Waals surface area contributed by atoms with Gasteiger partial charge in [-0.15, -0.1) is 0 Å². The number of allylic oxidation sites excluding steroid dienone is 4. The zero-order chi connectivity index (χ0) is 69.1. The average molecular weight is 1380 g/mol. The molecule has 0 heterocycles. The van der Waals surface area contributed by atoms with Gasteiger partial charge < -0.3 is 33.8 Å². The summed E-state index contributed by atoms with van der Waals surface area (Å²) in [6.07, 6.45) is 58.9. The number of rotatable bonds is 73. The minimum Gasteiger partial charge on any atom is -0.462 e. The van der Waals surface area contributed by atoms with Crippen LogP contribution in [-0.2, 0) is 65.4 Å². The minimum absolute atomic E-state index is 0.0854. The van der Waals surface area contributed by atoms with E-state index in [-0.39, 0.29) is 25.7 Å². The molecule has 0 spiro atoms. The Bertz CT molecular complexity index is 1900. The number of hydrogen-bond acceptors (Lipinski definition) is 15. The topological polar surface area (TPSA) is 237 Å². The SMILES string of the molecule is CCCCCC/C=C\C=C/CCCCCCCC(=O)O[C@H](COC(=O)CCCCCCCCCCCCCCC(C)C)COP(=O)(O)OC[C@@H](O)COP(=O)(O)OC[C@@H](COC(=O)CCCCCCCCCCCC)OC(=O)CCCCCCCCCCCCCCCC. The molecule has 0 amide bonds. The Kier molecular flexibility index (Phi) is 65.9. The second-order valence-electron chi connectivity index (χ2n) is 26.8. The van der Waals surface area contributed by atoms with Crippen molar-refractivity contribution in [2.75, 3.05) is 39.6 Å². The van der Waals surface area contributed by atoms with Crippen LogP contribution in [0.5, 0.6) is 0 Å². The maximum absolute atomic E-state index is 13.1. The molecule has 0 radical (unpaired) electrons. The lowest BCUT2D eigenvalue weighted by Gasteiger charge is -2.21. The van der Waals surface area contributed by atoms with E-state index >= 15 is 0 Å². The number of hydrogen-bond donors (Lipinski definition) is 3. The van der Waals surface area contributed by atoms with Gasteiger partial charge in [0.1, 0.15) is 19.3 Å². The van der Waals surface area contributed by atoms with Crippen LogP contribution in [0.1, 0.15) is 369 Å². The van der Waals surface area contributed by atoms with Crippen LogP contribution in [0.3, 0.4) is 0 Å². The number of carbonyl (C=O) groups is 4. The molecule has 5 atom stereocenters. The third-order valence-corrected chi connectivity index (χ3v) is 18.8. The molecule has 0 saturated carbocycles. The molecule has 3 N–H and O–H groups in total. The van der Waals surface area contributed by atoms with Gasteiger partial charge in [0.25, 0.3) is 0 Å². The monoisotopic (exact) mass is 1380 g/mol. The van der Waals surface area contributed by atoms with Crippen LogP contribution >= 0.6 is 15.6 Å². The summed E-state index contributed by atoms with van der Waals surface area (Å²) in [5, 5.41) is 10.6. The molecule has 19 heteroatoms. The van der Waals surface area contributed by atoms with Crippen molar-refractivity contribution in [3.05, 3.63) is 24.3 Å². The van der Waals surface area contributed by atoms with Crippen molar-refractivity contribution < 1.29 is 80.2 Å². The lowest BCUT2D eigenvalue weighted by Crippen LogP contribution is -2.30. The fourth-order valence-electron chi connectivity index (χ4n) is 11.0. The standard InChI is InChI=1S/C75H142O17P2/c1-6-9-12-15-18-21-24-26-28-30-36-41-46-51-56-61-75(80)92-71(65-86-73(78)59-54-49-44-39-34-32-31-33-37-42-47-52-57-68(4)5)67-90-94(83,84)88-63-69(76)62-87-93(81,82)89-66-70(64-85-72(77)58-53-48-43-38-23-20-17-14-11-8-3)91-74(79)60-55-50-45-40-35-29-27-25-22-19-16-13-10-7-2/h21,24,26,28,68-71,76H,6-20,22-23,25,27,29-67H2,1-5H3,(H,81,82)(H,83,84)/b24-21-,28-26-/t69-,70+,71+/m0/s1. The summed E-state index contributed by atoms with van der Waals surface area (Å²) in [5.74, 6) is -1.36. The molecule has 554 valence electrons. The van der Waals surface area contributed by atoms with E-state index in [1.807, 2.05) is 0 Å². The van der Waals surface area contributed by atoms with E-state index in [4.69, 9.17) is 37.0 Å². The Morgan fingerprint density at radius 2 is 0.574 bits per heavy atom. The highest BCUT2D eigenvalue weighted by Crippen LogP contribution is 2.45. The van der Waals surface area contributed by atoms with Crippen LogP contribution in [0.4, 0.5) is 0 Å². The summed E-state index contributed by atoms with van der Waals surface area (Å²) in [6, 6.07) is 0. The first-order valence-corrected chi connectivity index (χ1v) is 41.4. The number of esters is 4. The van der Waals surface area contributed by atoms with E-state index in [0.29, 0.717) is 25.7 Å². The van der Waals surface area contributed by atoms with Gasteiger partial charge in [-0.05, 0) is 57.3 Å². The first-order valence-electron chi connectivity index (χ1n) is 38.5. The normalized spacial score (nSPS) is 14.1. The minimum atomic E-state index is -4.96. The summed E-state index contributed by atoms with van der Waals surface area (Å²) in [6.45, 7) is 7.22. The summed E-state index contributed by atoms with van der Waals surface area (Å²) < 4.78 is 68.4. The third-order valence-electron chi connectivity index (χ3n) is 16.9. The predicted octanol–water partition coefficient (Wildman–Crippen LogP) is 21.6. The number of aliphatic hydroxyl groups is 1. The highest BCUT2D eigenvalue weighted by Gasteiger charge is 2.30. The molecule has 0 rings (SSSR count). The van der Waals surface area contributed by atoms with Crippen LogP contribution in [-0.4, -0.2) is 96.7 Å². The second kappa shape index (κ2) is 67.7. The molecule has 0 aliphatic heterocycles. The summed E-state index contributed by atoms with van der Waals surface area (Å²) in [7, 11) is -9.92. The van der Waals surface area contributed by atoms with E-state index < -0.39 is 97.5 Å². The summed E-state index contributed by atoms with van der Waals surface area (Å²) >= 11 is 0. The summed E-state index contributed by atoms with van der Waals surface area (Å²) in [4.78, 5) is 72.7. The van der Waals surface area contributed by atoms with Crippen molar-refractivity contribution in [3.8, 4) is 0 Å². The van der Waals surface area contributed by atoms with E-state index in [9.17, 15) is 43.2 Å². The maximum atomic E-state index is 13.1. The molecule has 0 aromatic carbocycles. The molecule has 0 aromatic heterocycles. The maximum Gasteiger partial charge on any atom is 0.472 e. The van der Waals surface area contributed by atoms with Crippen LogP contribution in [0.25, 0.3) is 0 Å². The Balaban J connectivity index is 5.28. The molecule has 0 aliphatic carbocycles. The van der Waals surface area contributed by atoms with Crippen LogP contribution in [0, 0.1) is 5.92 Å². The smallest absolute Gasteiger partial charge is 0.462 e. The molecule has 17 nitrogen and oxygen atoms in total. The third kappa shape index (κ3) is 68.1. The van der Waals surface area contributed by atoms with Gasteiger partial charge in [-0.1, -0.05) is 316 Å². The fourth-order valence-corrected chi connectivity index (χ4v) is 12.6. The van der Waals surface area contributed by atoms with Gasteiger partial charge in [-0.3, -0.25) is 37.3 Å². The van der Waals surface area contributed by atoms with Crippen LogP contribution < -0.4 is 0 Å². The number of phosphoric acid groups is 2. The Labute approximate surface area is 573 Å². The zero-order valence-corrected chi connectivity index (χ0v) is 62.4. The molecular formula is C75H142O17P2. The van der Waals surface area contributed by atoms with Gasteiger partial charge in [0.05, 0.1) is 26.4 Å². The Hall–Kier alpha value is -2.46. The van der Waals surface area contributed by atoms with Gasteiger partial charge >= 0.3 is 39.5 Å². The molecule has 0 aliphatic rings. The largest absolute Gasteiger partial charge is 0.472 e. The Morgan fingerprint density at radius 1 is 0.330 bits per heavy atom. The van der Waals surface area contributed by atoms with Crippen molar-refractivity contribution in [2.45, 2.75) is 387 Å². The lowest BCUT2D eigenvalue weighted by molar-refractivity contribution is -0.161. The van der Waals surface area contributed by atoms with E-state index in [1.54, 1.807) is 0 Å². The lowest BCUT2D eigenvalue weighted by atomic mass is 10.0. The fraction of sp³-hybridized carbons (Fsp3) is 0.893. The van der Waals surface area contributed by atoms with E-state index in [1.165, 1.54) is 180 Å². The number of carbonyl (C=O) groups excluding carboxylic acids is 4. The highest BCUT2D eigenvalue weighted by atomic mass is 31.2. The first kappa shape index (κ1) is 91.5. The van der Waals surface area contributed by atoms with Crippen LogP contribution in [0.15, 0.2) is 24.3 Å². The molecular weight excluding hydrogens is 1230 g/mol. The van der Waals surface area contributed by atoms with Crippen molar-refractivity contribution in [1.29, 1.82) is 0 Å². The molecule has 2 unspecified atom stereocenters. The van der Waals surface area contributed by atoms with Crippen molar-refractivity contribution in [1.82, 2.24) is 0 Å². The molecule has 0 fully saturated rings. The van der Waals surface area contributed by atoms with Crippen molar-refractivity contribution >= 4 is 39.5 Å². The second-order valence-corrected chi connectivity index (χ2v) is 29.7. The molecule has 94 heavy (non-hydrogen) atoms. The van der Waals surface area contributed by atoms with E-state index in [2.05, 4.69) is 58.9 Å². The van der Waals surface area contributed by atoms with Crippen molar-refractivity contribution in [3.63, 3.8) is 0 Å². The van der Waals surface area contributed by atoms with Gasteiger partial charge in [0.15, 0.2) is 12.2 Å². The number of unbranched alkanes of at least 4 members (excludes halogenated alkanes) is 42.